The number of aromatic amines is 1. The molecule has 4 aromatic rings. The molecule has 0 aliphatic carbocycles. The highest BCUT2D eigenvalue weighted by Crippen LogP contribution is 2.30. The number of aliphatic imine (C=N–C) groups is 1. The van der Waals surface area contributed by atoms with E-state index in [0.29, 0.717) is 5.52 Å². The number of alkyl halides is 3. The first-order chi connectivity index (χ1) is 13.4. The highest BCUT2D eigenvalue weighted by atomic mass is 32.1. The number of H-pyrrole nitrogens is 1. The van der Waals surface area contributed by atoms with E-state index in [4.69, 9.17) is 0 Å². The summed E-state index contributed by atoms with van der Waals surface area (Å²) in [5.74, 6) is 0. The molecule has 0 saturated carbocycles. The Hall–Kier alpha value is -3.27. The molecule has 0 unspecified atom stereocenters. The second-order valence-electron chi connectivity index (χ2n) is 5.83. The average Bonchev–Trinajstić information content (AvgIpc) is 3.24. The summed E-state index contributed by atoms with van der Waals surface area (Å²) in [4.78, 5) is 24.7. The lowest BCUT2D eigenvalue weighted by Gasteiger charge is -2.03. The predicted octanol–water partition coefficient (Wildman–Crippen LogP) is 3.81. The number of nitrogens with one attached hydrogen (secondary N) is 1. The second-order valence-corrected chi connectivity index (χ2v) is 6.84. The van der Waals surface area contributed by atoms with Gasteiger partial charge in [-0.15, -0.1) is 0 Å². The van der Waals surface area contributed by atoms with Gasteiger partial charge in [-0.3, -0.25) is 19.9 Å². The predicted molar refractivity (Wildman–Crippen MR) is 100 cm³/mol. The van der Waals surface area contributed by atoms with Gasteiger partial charge in [0, 0.05) is 18.6 Å². The topological polar surface area (TPSA) is 75.9 Å². The van der Waals surface area contributed by atoms with E-state index in [-0.39, 0.29) is 11.7 Å². The summed E-state index contributed by atoms with van der Waals surface area (Å²) < 4.78 is 41.9. The van der Waals surface area contributed by atoms with Gasteiger partial charge < -0.3 is 0 Å². The van der Waals surface area contributed by atoms with E-state index in [1.807, 2.05) is 0 Å². The highest BCUT2D eigenvalue weighted by Gasteiger charge is 2.38. The maximum absolute atomic E-state index is 13.4. The van der Waals surface area contributed by atoms with Crippen molar-refractivity contribution in [3.05, 3.63) is 76.0 Å². The standard InChI is InChI=1S/C18H12F3N5OS/c19-18(20,21)15-12(10-23-9-11-5-7-22-8-6-11)16(27)26(25-15)17-24-13-3-1-2-4-14(13)28-17/h1-8,10,25H,9H2. The van der Waals surface area contributed by atoms with E-state index in [9.17, 15) is 18.0 Å². The van der Waals surface area contributed by atoms with E-state index >= 15 is 0 Å². The van der Waals surface area contributed by atoms with Crippen molar-refractivity contribution < 1.29 is 13.2 Å². The lowest BCUT2D eigenvalue weighted by atomic mass is 10.2. The monoisotopic (exact) mass is 403 g/mol. The fourth-order valence-corrected chi connectivity index (χ4v) is 3.53. The average molecular weight is 403 g/mol. The Morgan fingerprint density at radius 1 is 1.18 bits per heavy atom. The summed E-state index contributed by atoms with van der Waals surface area (Å²) in [6, 6.07) is 10.5. The Morgan fingerprint density at radius 3 is 2.64 bits per heavy atom. The molecule has 0 atom stereocenters. The number of thiazole rings is 1. The van der Waals surface area contributed by atoms with Gasteiger partial charge in [-0.1, -0.05) is 23.5 Å². The first-order valence-electron chi connectivity index (χ1n) is 8.10. The summed E-state index contributed by atoms with van der Waals surface area (Å²) >= 11 is 1.12. The van der Waals surface area contributed by atoms with Crippen LogP contribution < -0.4 is 5.56 Å². The number of hydrogen-bond donors (Lipinski definition) is 1. The van der Waals surface area contributed by atoms with Crippen molar-refractivity contribution in [3.63, 3.8) is 0 Å². The van der Waals surface area contributed by atoms with Crippen LogP contribution in [0.15, 0.2) is 58.6 Å². The van der Waals surface area contributed by atoms with Gasteiger partial charge in [0.05, 0.1) is 22.3 Å². The van der Waals surface area contributed by atoms with E-state index in [2.05, 4.69) is 20.1 Å². The van der Waals surface area contributed by atoms with Crippen molar-refractivity contribution >= 4 is 27.8 Å². The Kier molecular flexibility index (Phi) is 4.55. The van der Waals surface area contributed by atoms with E-state index in [0.717, 1.165) is 32.5 Å². The third kappa shape index (κ3) is 3.46. The Labute approximate surface area is 160 Å². The number of benzene rings is 1. The van der Waals surface area contributed by atoms with E-state index in [1.165, 1.54) is 0 Å². The molecule has 1 aromatic carbocycles. The minimum atomic E-state index is -4.74. The van der Waals surface area contributed by atoms with Crippen LogP contribution in [0.2, 0.25) is 0 Å². The third-order valence-electron chi connectivity index (χ3n) is 3.93. The van der Waals surface area contributed by atoms with Crippen LogP contribution in [0.3, 0.4) is 0 Å². The number of hydrogen-bond acceptors (Lipinski definition) is 5. The SMILES string of the molecule is O=c1c(C=NCc2ccncc2)c(C(F)(F)F)[nH]n1-c1nc2ccccc2s1. The fourth-order valence-electron chi connectivity index (χ4n) is 2.61. The van der Waals surface area contributed by atoms with Gasteiger partial charge in [0.1, 0.15) is 0 Å². The van der Waals surface area contributed by atoms with Crippen molar-refractivity contribution in [2.75, 3.05) is 0 Å². The van der Waals surface area contributed by atoms with Gasteiger partial charge >= 0.3 is 6.18 Å². The molecule has 28 heavy (non-hydrogen) atoms. The Bertz CT molecular complexity index is 1170. The van der Waals surface area contributed by atoms with Crippen molar-refractivity contribution in [2.24, 2.45) is 4.99 Å². The lowest BCUT2D eigenvalue weighted by molar-refractivity contribution is -0.141. The molecule has 1 N–H and O–H groups in total. The number of aromatic nitrogens is 4. The first-order valence-corrected chi connectivity index (χ1v) is 8.92. The number of rotatable bonds is 4. The molecule has 0 aliphatic rings. The summed E-state index contributed by atoms with van der Waals surface area (Å²) in [6.45, 7) is 0.131. The van der Waals surface area contributed by atoms with Gasteiger partial charge in [-0.25, -0.2) is 4.98 Å². The largest absolute Gasteiger partial charge is 0.433 e. The van der Waals surface area contributed by atoms with Gasteiger partial charge in [-0.05, 0) is 29.8 Å². The van der Waals surface area contributed by atoms with Crippen LogP contribution in [0, 0.1) is 0 Å². The van der Waals surface area contributed by atoms with Crippen molar-refractivity contribution in [1.29, 1.82) is 0 Å². The van der Waals surface area contributed by atoms with Crippen LogP contribution >= 0.6 is 11.3 Å². The lowest BCUT2D eigenvalue weighted by Crippen LogP contribution is -2.17. The summed E-state index contributed by atoms with van der Waals surface area (Å²) in [7, 11) is 0. The quantitative estimate of drug-likeness (QED) is 0.527. The molecule has 142 valence electrons. The van der Waals surface area contributed by atoms with Crippen LogP contribution in [0.5, 0.6) is 0 Å². The number of halogens is 3. The van der Waals surface area contributed by atoms with Crippen LogP contribution in [-0.4, -0.2) is 26.0 Å². The Morgan fingerprint density at radius 2 is 1.93 bits per heavy atom. The van der Waals surface area contributed by atoms with Crippen LogP contribution in [0.25, 0.3) is 15.3 Å². The summed E-state index contributed by atoms with van der Waals surface area (Å²) in [5.41, 5.74) is -1.20. The first kappa shape index (κ1) is 18.1. The minimum Gasteiger partial charge on any atom is -0.288 e. The number of nitrogens with zero attached hydrogens (tertiary/aromatic N) is 4. The minimum absolute atomic E-state index is 0.130. The zero-order chi connectivity index (χ0) is 19.7. The van der Waals surface area contributed by atoms with Crippen molar-refractivity contribution in [3.8, 4) is 5.13 Å². The van der Waals surface area contributed by atoms with Crippen molar-refractivity contribution in [2.45, 2.75) is 12.7 Å². The third-order valence-corrected chi connectivity index (χ3v) is 4.95. The van der Waals surface area contributed by atoms with E-state index in [1.54, 1.807) is 48.8 Å². The summed E-state index contributed by atoms with van der Waals surface area (Å²) in [5, 5.41) is 2.27. The molecule has 4 rings (SSSR count). The zero-order valence-electron chi connectivity index (χ0n) is 14.1. The smallest absolute Gasteiger partial charge is 0.288 e. The van der Waals surface area contributed by atoms with Gasteiger partial charge in [0.25, 0.3) is 5.56 Å². The molecule has 0 saturated heterocycles. The normalized spacial score (nSPS) is 12.2. The molecule has 6 nitrogen and oxygen atoms in total. The number of para-hydroxylation sites is 1. The van der Waals surface area contributed by atoms with Crippen molar-refractivity contribution in [1.82, 2.24) is 19.7 Å². The molecular formula is C18H12F3N5OS. The van der Waals surface area contributed by atoms with Gasteiger partial charge in [-0.2, -0.15) is 17.9 Å². The molecule has 3 aromatic heterocycles. The highest BCUT2D eigenvalue weighted by molar-refractivity contribution is 7.20. The number of pyridine rings is 1. The van der Waals surface area contributed by atoms with Crippen LogP contribution in [0.4, 0.5) is 13.2 Å². The molecule has 0 fully saturated rings. The second kappa shape index (κ2) is 7.04. The molecule has 0 aliphatic heterocycles. The number of fused-ring (bicyclic) bond motifs is 1. The van der Waals surface area contributed by atoms with Gasteiger partial charge in [0.2, 0.25) is 5.13 Å². The molecule has 0 amide bonds. The zero-order valence-corrected chi connectivity index (χ0v) is 15.0. The molecule has 10 heteroatoms. The molecule has 3 heterocycles. The Balaban J connectivity index is 1.76. The van der Waals surface area contributed by atoms with Crippen LogP contribution in [-0.2, 0) is 12.7 Å². The molecule has 0 bridgehead atoms. The maximum Gasteiger partial charge on any atom is 0.433 e. The van der Waals surface area contributed by atoms with Crippen LogP contribution in [0.1, 0.15) is 16.8 Å². The molecule has 0 spiro atoms. The molecular weight excluding hydrogens is 391 g/mol. The maximum atomic E-state index is 13.4. The van der Waals surface area contributed by atoms with E-state index < -0.39 is 23.0 Å². The van der Waals surface area contributed by atoms with Gasteiger partial charge in [0.15, 0.2) is 5.69 Å². The summed E-state index contributed by atoms with van der Waals surface area (Å²) in [6.07, 6.45) is -0.671. The fraction of sp³-hybridized carbons (Fsp3) is 0.111. The molecule has 0 radical (unpaired) electrons.